The predicted molar refractivity (Wildman–Crippen MR) is 68.5 cm³/mol. The van der Waals surface area contributed by atoms with E-state index in [-0.39, 0.29) is 5.78 Å². The molecule has 16 heavy (non-hydrogen) atoms. The monoisotopic (exact) mass is 246 g/mol. The zero-order chi connectivity index (χ0) is 11.1. The number of aryl methyl sites for hydroxylation is 1. The largest absolute Gasteiger partial charge is 0.289 e. The van der Waals surface area contributed by atoms with Crippen LogP contribution >= 0.6 is 23.1 Å². The van der Waals surface area contributed by atoms with E-state index in [1.807, 2.05) is 30.3 Å². The first-order valence-corrected chi connectivity index (χ1v) is 6.92. The summed E-state index contributed by atoms with van der Waals surface area (Å²) in [4.78, 5) is 13.5. The summed E-state index contributed by atoms with van der Waals surface area (Å²) in [6.45, 7) is 2.05. The van der Waals surface area contributed by atoms with Crippen molar-refractivity contribution in [3.63, 3.8) is 0 Å². The van der Waals surface area contributed by atoms with Gasteiger partial charge in [0.2, 0.25) is 0 Å². The molecule has 3 rings (SSSR count). The van der Waals surface area contributed by atoms with E-state index < -0.39 is 0 Å². The van der Waals surface area contributed by atoms with Gasteiger partial charge >= 0.3 is 0 Å². The van der Waals surface area contributed by atoms with Gasteiger partial charge in [-0.15, -0.1) is 23.1 Å². The molecule has 0 N–H and O–H groups in total. The molecule has 0 bridgehead atoms. The predicted octanol–water partition coefficient (Wildman–Crippen LogP) is 3.89. The average Bonchev–Trinajstić information content (AvgIpc) is 2.62. The maximum atomic E-state index is 12.3. The van der Waals surface area contributed by atoms with Crippen molar-refractivity contribution in [3.05, 3.63) is 51.9 Å². The third-order valence-corrected chi connectivity index (χ3v) is 5.07. The molecule has 1 nitrogen and oxygen atoms in total. The lowest BCUT2D eigenvalue weighted by atomic mass is 10.0. The van der Waals surface area contributed by atoms with Gasteiger partial charge in [-0.2, -0.15) is 0 Å². The van der Waals surface area contributed by atoms with Gasteiger partial charge in [0, 0.05) is 21.8 Å². The minimum absolute atomic E-state index is 0.181. The molecule has 0 amide bonds. The molecule has 80 valence electrons. The standard InChI is InChI=1S/C13H10OS2/c1-8-6-11-12(14)10-5-3-2-4-9(10)7-15-13(11)16-8/h2-6H,7H2,1H3. The maximum absolute atomic E-state index is 12.3. The Morgan fingerprint density at radius 1 is 1.19 bits per heavy atom. The second-order valence-electron chi connectivity index (χ2n) is 3.83. The van der Waals surface area contributed by atoms with Crippen molar-refractivity contribution in [1.82, 2.24) is 0 Å². The minimum Gasteiger partial charge on any atom is -0.289 e. The van der Waals surface area contributed by atoms with Crippen molar-refractivity contribution in [2.24, 2.45) is 0 Å². The van der Waals surface area contributed by atoms with Crippen LogP contribution in [0.5, 0.6) is 0 Å². The van der Waals surface area contributed by atoms with Crippen molar-refractivity contribution < 1.29 is 4.79 Å². The van der Waals surface area contributed by atoms with Crippen LogP contribution in [-0.4, -0.2) is 5.78 Å². The van der Waals surface area contributed by atoms with Crippen LogP contribution in [-0.2, 0) is 5.75 Å². The smallest absolute Gasteiger partial charge is 0.195 e. The topological polar surface area (TPSA) is 17.1 Å². The van der Waals surface area contributed by atoms with Gasteiger partial charge in [-0.1, -0.05) is 24.3 Å². The number of thiophene rings is 1. The molecule has 1 aliphatic heterocycles. The lowest BCUT2D eigenvalue weighted by Crippen LogP contribution is -2.01. The van der Waals surface area contributed by atoms with Crippen LogP contribution in [0.3, 0.4) is 0 Å². The number of hydrogen-bond acceptors (Lipinski definition) is 3. The van der Waals surface area contributed by atoms with Gasteiger partial charge in [0.25, 0.3) is 0 Å². The molecule has 1 aromatic heterocycles. The van der Waals surface area contributed by atoms with E-state index in [2.05, 4.69) is 6.92 Å². The highest BCUT2D eigenvalue weighted by atomic mass is 32.2. The van der Waals surface area contributed by atoms with Gasteiger partial charge in [-0.05, 0) is 18.6 Å². The van der Waals surface area contributed by atoms with Gasteiger partial charge < -0.3 is 0 Å². The highest BCUT2D eigenvalue weighted by Gasteiger charge is 2.22. The molecule has 2 heterocycles. The van der Waals surface area contributed by atoms with Gasteiger partial charge in [0.05, 0.1) is 4.21 Å². The number of carbonyl (C=O) groups is 1. The first-order valence-electron chi connectivity index (χ1n) is 5.11. The van der Waals surface area contributed by atoms with E-state index in [0.717, 1.165) is 22.4 Å². The molecular formula is C13H10OS2. The number of fused-ring (bicyclic) bond motifs is 2. The number of carbonyl (C=O) groups excluding carboxylic acids is 1. The second-order valence-corrected chi connectivity index (χ2v) is 6.33. The van der Waals surface area contributed by atoms with Gasteiger partial charge in [-0.3, -0.25) is 4.79 Å². The summed E-state index contributed by atoms with van der Waals surface area (Å²) >= 11 is 3.49. The molecule has 0 spiro atoms. The summed E-state index contributed by atoms with van der Waals surface area (Å²) < 4.78 is 1.17. The third-order valence-electron chi connectivity index (χ3n) is 2.69. The molecular weight excluding hydrogens is 236 g/mol. The van der Waals surface area contributed by atoms with Crippen LogP contribution in [0.15, 0.2) is 34.5 Å². The van der Waals surface area contributed by atoms with Gasteiger partial charge in [-0.25, -0.2) is 0 Å². The van der Waals surface area contributed by atoms with Crippen LogP contribution in [0.2, 0.25) is 0 Å². The lowest BCUT2D eigenvalue weighted by molar-refractivity contribution is 0.103. The zero-order valence-electron chi connectivity index (χ0n) is 8.82. The fraction of sp³-hybridized carbons (Fsp3) is 0.154. The molecule has 0 saturated carbocycles. The highest BCUT2D eigenvalue weighted by Crippen LogP contribution is 2.38. The summed E-state index contributed by atoms with van der Waals surface area (Å²) in [5.74, 6) is 1.08. The Morgan fingerprint density at radius 3 is 2.88 bits per heavy atom. The number of benzene rings is 1. The van der Waals surface area contributed by atoms with Crippen LogP contribution in [0.4, 0.5) is 0 Å². The summed E-state index contributed by atoms with van der Waals surface area (Å²) in [5, 5.41) is 0. The Morgan fingerprint density at radius 2 is 2.00 bits per heavy atom. The molecule has 0 radical (unpaired) electrons. The number of hydrogen-bond donors (Lipinski definition) is 0. The summed E-state index contributed by atoms with van der Waals surface area (Å²) in [6.07, 6.45) is 0. The Labute approximate surface area is 103 Å². The van der Waals surface area contributed by atoms with E-state index in [1.165, 1.54) is 9.09 Å². The number of ketones is 1. The first kappa shape index (κ1) is 10.1. The van der Waals surface area contributed by atoms with Gasteiger partial charge in [0.15, 0.2) is 5.78 Å². The summed E-state index contributed by atoms with van der Waals surface area (Å²) in [5.41, 5.74) is 2.91. The van der Waals surface area contributed by atoms with Crippen LogP contribution in [0, 0.1) is 6.92 Å². The fourth-order valence-corrected chi connectivity index (χ4v) is 4.30. The molecule has 0 atom stereocenters. The Balaban J connectivity index is 2.21. The number of thioether (sulfide) groups is 1. The maximum Gasteiger partial charge on any atom is 0.195 e. The van der Waals surface area contributed by atoms with E-state index in [0.29, 0.717) is 0 Å². The van der Waals surface area contributed by atoms with Crippen LogP contribution in [0.25, 0.3) is 0 Å². The zero-order valence-corrected chi connectivity index (χ0v) is 10.5. The normalized spacial score (nSPS) is 14.2. The van der Waals surface area contributed by atoms with E-state index in [9.17, 15) is 4.79 Å². The van der Waals surface area contributed by atoms with Crippen molar-refractivity contribution >= 4 is 28.9 Å². The Kier molecular flexibility index (Phi) is 2.37. The molecule has 0 fully saturated rings. The second kappa shape index (κ2) is 3.75. The van der Waals surface area contributed by atoms with E-state index >= 15 is 0 Å². The van der Waals surface area contributed by atoms with Crippen molar-refractivity contribution in [1.29, 1.82) is 0 Å². The SMILES string of the molecule is Cc1cc2c(s1)SCc1ccccc1C2=O. The summed E-state index contributed by atoms with van der Waals surface area (Å²) in [6, 6.07) is 9.92. The molecule has 0 aliphatic carbocycles. The quantitative estimate of drug-likeness (QED) is 0.701. The summed E-state index contributed by atoms with van der Waals surface area (Å²) in [7, 11) is 0. The van der Waals surface area contributed by atoms with Crippen molar-refractivity contribution in [2.75, 3.05) is 0 Å². The Hall–Kier alpha value is -1.06. The molecule has 1 aliphatic rings. The van der Waals surface area contributed by atoms with Crippen molar-refractivity contribution in [3.8, 4) is 0 Å². The van der Waals surface area contributed by atoms with Crippen LogP contribution in [0.1, 0.15) is 26.4 Å². The fourth-order valence-electron chi connectivity index (χ4n) is 1.91. The number of rotatable bonds is 0. The van der Waals surface area contributed by atoms with Crippen molar-refractivity contribution in [2.45, 2.75) is 16.9 Å². The molecule has 3 heteroatoms. The average molecular weight is 246 g/mol. The highest BCUT2D eigenvalue weighted by molar-refractivity contribution is 8.00. The Bertz CT molecular complexity index is 569. The third kappa shape index (κ3) is 1.51. The minimum atomic E-state index is 0.181. The molecule has 0 saturated heterocycles. The van der Waals surface area contributed by atoms with E-state index in [4.69, 9.17) is 0 Å². The lowest BCUT2D eigenvalue weighted by Gasteiger charge is -2.02. The van der Waals surface area contributed by atoms with Crippen LogP contribution < -0.4 is 0 Å². The molecule has 1 aromatic carbocycles. The van der Waals surface area contributed by atoms with Gasteiger partial charge in [0.1, 0.15) is 0 Å². The van der Waals surface area contributed by atoms with E-state index in [1.54, 1.807) is 23.1 Å². The molecule has 0 unspecified atom stereocenters. The first-order chi connectivity index (χ1) is 7.75. The molecule has 2 aromatic rings.